The zero-order valence-corrected chi connectivity index (χ0v) is 14.2. The van der Waals surface area contributed by atoms with Gasteiger partial charge in [-0.2, -0.15) is 0 Å². The van der Waals surface area contributed by atoms with Gasteiger partial charge in [-0.1, -0.05) is 25.8 Å². The molecule has 20 heavy (non-hydrogen) atoms. The first-order valence-electron chi connectivity index (χ1n) is 8.65. The van der Waals surface area contributed by atoms with E-state index in [0.717, 1.165) is 13.0 Å². The molecule has 2 nitrogen and oxygen atoms in total. The smallest absolute Gasteiger partial charge is 0.0518 e. The van der Waals surface area contributed by atoms with Crippen molar-refractivity contribution in [3.63, 3.8) is 0 Å². The van der Waals surface area contributed by atoms with Gasteiger partial charge < -0.3 is 9.64 Å². The Morgan fingerprint density at radius 1 is 0.950 bits per heavy atom. The van der Waals surface area contributed by atoms with Crippen LogP contribution in [0.15, 0.2) is 12.7 Å². The van der Waals surface area contributed by atoms with Crippen molar-refractivity contribution in [3.8, 4) is 0 Å². The summed E-state index contributed by atoms with van der Waals surface area (Å²) in [6, 6.07) is 0. The van der Waals surface area contributed by atoms with E-state index < -0.39 is 0 Å². The fourth-order valence-electron chi connectivity index (χ4n) is 2.30. The molecule has 0 fully saturated rings. The van der Waals surface area contributed by atoms with Crippen LogP contribution in [0.2, 0.25) is 0 Å². The van der Waals surface area contributed by atoms with E-state index in [0.29, 0.717) is 6.10 Å². The molecule has 0 bridgehead atoms. The maximum Gasteiger partial charge on any atom is 0.0518 e. The molecule has 0 unspecified atom stereocenters. The molecule has 0 aromatic rings. The third-order valence-electron chi connectivity index (χ3n) is 3.53. The van der Waals surface area contributed by atoms with Crippen LogP contribution in [0.25, 0.3) is 0 Å². The minimum Gasteiger partial charge on any atom is -0.379 e. The first kappa shape index (κ1) is 19.7. The van der Waals surface area contributed by atoms with Crippen molar-refractivity contribution in [2.45, 2.75) is 78.2 Å². The SMILES string of the molecule is C=CCCCCN(CCCCC)CCCCOC(C)C. The highest BCUT2D eigenvalue weighted by Crippen LogP contribution is 2.05. The minimum absolute atomic E-state index is 0.370. The van der Waals surface area contributed by atoms with Crippen molar-refractivity contribution in [3.05, 3.63) is 12.7 Å². The summed E-state index contributed by atoms with van der Waals surface area (Å²) in [5.41, 5.74) is 0. The summed E-state index contributed by atoms with van der Waals surface area (Å²) in [5.74, 6) is 0. The highest BCUT2D eigenvalue weighted by atomic mass is 16.5. The van der Waals surface area contributed by atoms with Gasteiger partial charge >= 0.3 is 0 Å². The molecule has 0 heterocycles. The van der Waals surface area contributed by atoms with Gasteiger partial charge in [0.05, 0.1) is 6.10 Å². The van der Waals surface area contributed by atoms with Crippen LogP contribution in [0.1, 0.15) is 72.1 Å². The Morgan fingerprint density at radius 2 is 1.55 bits per heavy atom. The summed E-state index contributed by atoms with van der Waals surface area (Å²) in [5, 5.41) is 0. The van der Waals surface area contributed by atoms with Gasteiger partial charge in [0.15, 0.2) is 0 Å². The summed E-state index contributed by atoms with van der Waals surface area (Å²) in [6.07, 6.45) is 12.6. The van der Waals surface area contributed by atoms with Crippen LogP contribution in [0.5, 0.6) is 0 Å². The lowest BCUT2D eigenvalue weighted by Gasteiger charge is -2.22. The van der Waals surface area contributed by atoms with E-state index >= 15 is 0 Å². The zero-order valence-electron chi connectivity index (χ0n) is 14.2. The number of nitrogens with zero attached hydrogens (tertiary/aromatic N) is 1. The van der Waals surface area contributed by atoms with Crippen LogP contribution >= 0.6 is 0 Å². The van der Waals surface area contributed by atoms with Crippen LogP contribution in [-0.4, -0.2) is 37.2 Å². The van der Waals surface area contributed by atoms with Gasteiger partial charge in [0.1, 0.15) is 0 Å². The van der Waals surface area contributed by atoms with Gasteiger partial charge in [-0.05, 0) is 72.0 Å². The van der Waals surface area contributed by atoms with E-state index in [1.807, 2.05) is 6.08 Å². The zero-order chi connectivity index (χ0) is 15.1. The monoisotopic (exact) mass is 283 g/mol. The van der Waals surface area contributed by atoms with Crippen molar-refractivity contribution in [2.75, 3.05) is 26.2 Å². The predicted octanol–water partition coefficient (Wildman–Crippen LogP) is 5.04. The third kappa shape index (κ3) is 14.1. The molecule has 0 N–H and O–H groups in total. The lowest BCUT2D eigenvalue weighted by molar-refractivity contribution is 0.0741. The molecular formula is C18H37NO. The molecule has 0 aromatic heterocycles. The Bertz CT molecular complexity index is 204. The molecule has 0 aliphatic heterocycles. The number of unbranched alkanes of at least 4 members (excludes halogenated alkanes) is 5. The van der Waals surface area contributed by atoms with E-state index in [4.69, 9.17) is 4.74 Å². The second-order valence-corrected chi connectivity index (χ2v) is 5.96. The maximum atomic E-state index is 5.61. The van der Waals surface area contributed by atoms with Gasteiger partial charge in [0.25, 0.3) is 0 Å². The molecule has 0 rings (SSSR count). The minimum atomic E-state index is 0.370. The number of allylic oxidation sites excluding steroid dienone is 1. The molecule has 0 amide bonds. The Hall–Kier alpha value is -0.340. The lowest BCUT2D eigenvalue weighted by Crippen LogP contribution is -2.27. The van der Waals surface area contributed by atoms with Gasteiger partial charge in [-0.25, -0.2) is 0 Å². The topological polar surface area (TPSA) is 12.5 Å². The Balaban J connectivity index is 3.70. The van der Waals surface area contributed by atoms with E-state index in [9.17, 15) is 0 Å². The molecule has 0 aliphatic carbocycles. The molecule has 2 heteroatoms. The van der Waals surface area contributed by atoms with Gasteiger partial charge in [0.2, 0.25) is 0 Å². The van der Waals surface area contributed by atoms with Crippen molar-refractivity contribution < 1.29 is 4.74 Å². The normalized spacial score (nSPS) is 11.4. The number of hydrogen-bond acceptors (Lipinski definition) is 2. The van der Waals surface area contributed by atoms with Crippen LogP contribution in [-0.2, 0) is 4.74 Å². The predicted molar refractivity (Wildman–Crippen MR) is 90.3 cm³/mol. The molecular weight excluding hydrogens is 246 g/mol. The molecule has 0 saturated heterocycles. The average Bonchev–Trinajstić information content (AvgIpc) is 2.42. The summed E-state index contributed by atoms with van der Waals surface area (Å²) < 4.78 is 5.61. The summed E-state index contributed by atoms with van der Waals surface area (Å²) in [6.45, 7) is 15.0. The summed E-state index contributed by atoms with van der Waals surface area (Å²) in [7, 11) is 0. The molecule has 0 atom stereocenters. The molecule has 0 spiro atoms. The first-order valence-corrected chi connectivity index (χ1v) is 8.65. The van der Waals surface area contributed by atoms with Crippen molar-refractivity contribution in [1.29, 1.82) is 0 Å². The van der Waals surface area contributed by atoms with E-state index in [2.05, 4.69) is 32.3 Å². The van der Waals surface area contributed by atoms with Gasteiger partial charge in [-0.3, -0.25) is 0 Å². The van der Waals surface area contributed by atoms with Crippen LogP contribution in [0.3, 0.4) is 0 Å². The first-order chi connectivity index (χ1) is 9.70. The highest BCUT2D eigenvalue weighted by Gasteiger charge is 2.04. The quantitative estimate of drug-likeness (QED) is 0.308. The van der Waals surface area contributed by atoms with Gasteiger partial charge in [-0.15, -0.1) is 6.58 Å². The largest absolute Gasteiger partial charge is 0.379 e. The lowest BCUT2D eigenvalue weighted by atomic mass is 10.2. The Labute approximate surface area is 127 Å². The molecule has 0 radical (unpaired) electrons. The Morgan fingerprint density at radius 3 is 2.10 bits per heavy atom. The van der Waals surface area contributed by atoms with E-state index in [1.165, 1.54) is 64.6 Å². The molecule has 0 saturated carbocycles. The summed E-state index contributed by atoms with van der Waals surface area (Å²) >= 11 is 0. The van der Waals surface area contributed by atoms with Crippen LogP contribution < -0.4 is 0 Å². The standard InChI is InChI=1S/C18H37NO/c1-5-7-9-11-15-19(14-10-8-6-2)16-12-13-17-20-18(3)4/h5,18H,1,6-17H2,2-4H3. The number of ether oxygens (including phenoxy) is 1. The highest BCUT2D eigenvalue weighted by molar-refractivity contribution is 4.67. The fraction of sp³-hybridized carbons (Fsp3) is 0.889. The van der Waals surface area contributed by atoms with Gasteiger partial charge in [0, 0.05) is 6.61 Å². The number of rotatable bonds is 15. The fourth-order valence-corrected chi connectivity index (χ4v) is 2.30. The summed E-state index contributed by atoms with van der Waals surface area (Å²) in [4.78, 5) is 2.65. The second kappa shape index (κ2) is 15.1. The number of hydrogen-bond donors (Lipinski definition) is 0. The second-order valence-electron chi connectivity index (χ2n) is 5.96. The average molecular weight is 283 g/mol. The third-order valence-corrected chi connectivity index (χ3v) is 3.53. The van der Waals surface area contributed by atoms with Crippen LogP contribution in [0, 0.1) is 0 Å². The van der Waals surface area contributed by atoms with Crippen LogP contribution in [0.4, 0.5) is 0 Å². The van der Waals surface area contributed by atoms with Crippen molar-refractivity contribution >= 4 is 0 Å². The van der Waals surface area contributed by atoms with E-state index in [1.54, 1.807) is 0 Å². The molecule has 120 valence electrons. The van der Waals surface area contributed by atoms with Crippen molar-refractivity contribution in [1.82, 2.24) is 4.90 Å². The Kier molecular flexibility index (Phi) is 14.8. The molecule has 0 aliphatic rings. The maximum absolute atomic E-state index is 5.61. The molecule has 0 aromatic carbocycles. The van der Waals surface area contributed by atoms with Crippen molar-refractivity contribution in [2.24, 2.45) is 0 Å². The van der Waals surface area contributed by atoms with E-state index in [-0.39, 0.29) is 0 Å².